The Kier molecular flexibility index (Phi) is 5.36. The molecule has 0 amide bonds. The molecule has 0 aliphatic carbocycles. The van der Waals surface area contributed by atoms with E-state index in [1.807, 2.05) is 59.5 Å². The van der Waals surface area contributed by atoms with Gasteiger partial charge in [-0.25, -0.2) is 0 Å². The molecule has 3 unspecified atom stereocenters. The van der Waals surface area contributed by atoms with Crippen LogP contribution < -0.4 is 9.64 Å². The summed E-state index contributed by atoms with van der Waals surface area (Å²) in [5.41, 5.74) is 1.34. The fourth-order valence-corrected chi connectivity index (χ4v) is 5.41. The Morgan fingerprint density at radius 2 is 1.68 bits per heavy atom. The van der Waals surface area contributed by atoms with Crippen molar-refractivity contribution in [2.45, 2.75) is 18.0 Å². The summed E-state index contributed by atoms with van der Waals surface area (Å²) >= 11 is 6.07. The van der Waals surface area contributed by atoms with E-state index in [1.165, 1.54) is 0 Å². The highest BCUT2D eigenvalue weighted by Gasteiger charge is 2.63. The number of fused-ring (bicyclic) bond motifs is 3. The SMILES string of the molecule is COc1ccccc1C1C(C(=O)c2ccc(Cl)cc2)N2c3ccccc3C=CC2C1(C#N)C#N. The molecule has 0 N–H and O–H groups in total. The number of benzene rings is 3. The number of para-hydroxylation sites is 2. The van der Waals surface area contributed by atoms with Crippen LogP contribution in [-0.4, -0.2) is 25.0 Å². The van der Waals surface area contributed by atoms with Crippen molar-refractivity contribution in [2.24, 2.45) is 5.41 Å². The van der Waals surface area contributed by atoms with Crippen LogP contribution in [0.15, 0.2) is 78.9 Å². The van der Waals surface area contributed by atoms with Crippen LogP contribution in [0.25, 0.3) is 6.08 Å². The molecule has 2 aliphatic heterocycles. The minimum atomic E-state index is -1.52. The van der Waals surface area contributed by atoms with Gasteiger partial charge in [0.2, 0.25) is 0 Å². The number of nitriles is 2. The zero-order valence-electron chi connectivity index (χ0n) is 18.4. The summed E-state index contributed by atoms with van der Waals surface area (Å²) in [7, 11) is 1.55. The van der Waals surface area contributed by atoms with Crippen molar-refractivity contribution in [3.63, 3.8) is 0 Å². The van der Waals surface area contributed by atoms with Gasteiger partial charge < -0.3 is 9.64 Å². The summed E-state index contributed by atoms with van der Waals surface area (Å²) in [5.74, 6) is -0.411. The monoisotopic (exact) mass is 465 g/mol. The van der Waals surface area contributed by atoms with E-state index < -0.39 is 23.4 Å². The highest BCUT2D eigenvalue weighted by Crippen LogP contribution is 2.56. The van der Waals surface area contributed by atoms with E-state index in [-0.39, 0.29) is 5.78 Å². The van der Waals surface area contributed by atoms with Crippen molar-refractivity contribution >= 4 is 29.1 Å². The van der Waals surface area contributed by atoms with Gasteiger partial charge in [-0.3, -0.25) is 4.79 Å². The Bertz CT molecular complexity index is 1370. The molecule has 34 heavy (non-hydrogen) atoms. The molecule has 3 atom stereocenters. The first-order valence-electron chi connectivity index (χ1n) is 10.9. The lowest BCUT2D eigenvalue weighted by Crippen LogP contribution is -2.44. The molecule has 3 aromatic rings. The zero-order valence-corrected chi connectivity index (χ0v) is 19.1. The highest BCUT2D eigenvalue weighted by atomic mass is 35.5. The van der Waals surface area contributed by atoms with Crippen molar-refractivity contribution in [2.75, 3.05) is 12.0 Å². The maximum absolute atomic E-state index is 14.2. The number of ether oxygens (including phenoxy) is 1. The Hall–Kier alpha value is -4.06. The first-order chi connectivity index (χ1) is 16.6. The number of nitrogens with zero attached hydrogens (tertiary/aromatic N) is 3. The van der Waals surface area contributed by atoms with Gasteiger partial charge in [0, 0.05) is 27.8 Å². The molecule has 0 bridgehead atoms. The largest absolute Gasteiger partial charge is 0.496 e. The van der Waals surface area contributed by atoms with E-state index in [1.54, 1.807) is 37.4 Å². The second-order valence-electron chi connectivity index (χ2n) is 8.40. The predicted octanol–water partition coefficient (Wildman–Crippen LogP) is 5.63. The molecule has 3 aromatic carbocycles. The molecule has 0 spiro atoms. The van der Waals surface area contributed by atoms with Crippen LogP contribution in [0, 0.1) is 28.1 Å². The van der Waals surface area contributed by atoms with Gasteiger partial charge in [-0.2, -0.15) is 10.5 Å². The summed E-state index contributed by atoms with van der Waals surface area (Å²) < 4.78 is 5.63. The first kappa shape index (κ1) is 21.8. The number of Topliss-reactive ketones (excluding diaryl/α,β-unsaturated/α-hetero) is 1. The van der Waals surface area contributed by atoms with Crippen LogP contribution in [0.1, 0.15) is 27.4 Å². The number of carbonyl (C=O) groups excluding carboxylic acids is 1. The number of hydrogen-bond donors (Lipinski definition) is 0. The molecule has 5 nitrogen and oxygen atoms in total. The lowest BCUT2D eigenvalue weighted by atomic mass is 9.69. The maximum Gasteiger partial charge on any atom is 0.185 e. The van der Waals surface area contributed by atoms with Crippen LogP contribution in [-0.2, 0) is 0 Å². The topological polar surface area (TPSA) is 77.1 Å². The van der Waals surface area contributed by atoms with E-state index in [0.29, 0.717) is 21.9 Å². The van der Waals surface area contributed by atoms with Gasteiger partial charge in [0.05, 0.1) is 25.3 Å². The first-order valence-corrected chi connectivity index (χ1v) is 11.2. The van der Waals surface area contributed by atoms with Gasteiger partial charge in [0.1, 0.15) is 11.8 Å². The van der Waals surface area contributed by atoms with Gasteiger partial charge >= 0.3 is 0 Å². The molecule has 6 heteroatoms. The minimum absolute atomic E-state index is 0.185. The molecule has 2 aliphatic rings. The van der Waals surface area contributed by atoms with E-state index >= 15 is 0 Å². The lowest BCUT2D eigenvalue weighted by Gasteiger charge is -2.35. The molecular weight excluding hydrogens is 446 g/mol. The summed E-state index contributed by atoms with van der Waals surface area (Å²) in [6.45, 7) is 0. The van der Waals surface area contributed by atoms with Gasteiger partial charge in [-0.1, -0.05) is 60.2 Å². The molecule has 0 radical (unpaired) electrons. The third kappa shape index (κ3) is 3.10. The molecule has 0 aromatic heterocycles. The number of halogens is 1. The molecule has 5 rings (SSSR count). The molecule has 166 valence electrons. The third-order valence-electron chi connectivity index (χ3n) is 6.79. The van der Waals surface area contributed by atoms with Crippen molar-refractivity contribution < 1.29 is 9.53 Å². The van der Waals surface area contributed by atoms with Gasteiger partial charge in [-0.05, 0) is 42.0 Å². The van der Waals surface area contributed by atoms with Crippen LogP contribution in [0.5, 0.6) is 5.75 Å². The van der Waals surface area contributed by atoms with Gasteiger partial charge in [0.15, 0.2) is 11.2 Å². The fraction of sp³-hybridized carbons (Fsp3) is 0.179. The number of rotatable bonds is 4. The fourth-order valence-electron chi connectivity index (χ4n) is 5.29. The van der Waals surface area contributed by atoms with Crippen molar-refractivity contribution in [1.29, 1.82) is 10.5 Å². The zero-order chi connectivity index (χ0) is 23.9. The van der Waals surface area contributed by atoms with Crippen LogP contribution in [0.4, 0.5) is 5.69 Å². The van der Waals surface area contributed by atoms with E-state index in [9.17, 15) is 15.3 Å². The van der Waals surface area contributed by atoms with Crippen molar-refractivity contribution in [1.82, 2.24) is 0 Å². The molecule has 0 saturated carbocycles. The average Bonchev–Trinajstić information content (AvgIpc) is 3.19. The van der Waals surface area contributed by atoms with E-state index in [2.05, 4.69) is 12.1 Å². The van der Waals surface area contributed by atoms with Gasteiger partial charge in [-0.15, -0.1) is 0 Å². The van der Waals surface area contributed by atoms with Crippen LogP contribution >= 0.6 is 11.6 Å². The standard InChI is InChI=1S/C28H20ClN3O2/c1-34-23-9-5-3-7-21(23)25-26(27(33)19-10-13-20(29)14-11-19)32-22-8-4-2-6-18(22)12-15-24(32)28(25,16-30)17-31/h2-15,24-26H,1H3. The maximum atomic E-state index is 14.2. The second kappa shape index (κ2) is 8.37. The predicted molar refractivity (Wildman–Crippen MR) is 131 cm³/mol. The van der Waals surface area contributed by atoms with Crippen LogP contribution in [0.2, 0.25) is 5.02 Å². The Morgan fingerprint density at radius 1 is 1.00 bits per heavy atom. The summed E-state index contributed by atoms with van der Waals surface area (Å²) in [6.07, 6.45) is 3.79. The number of hydrogen-bond acceptors (Lipinski definition) is 5. The Morgan fingerprint density at radius 3 is 2.38 bits per heavy atom. The van der Waals surface area contributed by atoms with Crippen LogP contribution in [0.3, 0.4) is 0 Å². The van der Waals surface area contributed by atoms with Gasteiger partial charge in [0.25, 0.3) is 0 Å². The van der Waals surface area contributed by atoms with E-state index in [0.717, 1.165) is 11.3 Å². The summed E-state index contributed by atoms with van der Waals surface area (Å²) in [6, 6.07) is 24.9. The number of ketones is 1. The highest BCUT2D eigenvalue weighted by molar-refractivity contribution is 6.30. The second-order valence-corrected chi connectivity index (χ2v) is 8.83. The number of anilines is 1. The Labute approximate surface area is 203 Å². The number of methoxy groups -OCH3 is 1. The Balaban J connectivity index is 1.81. The lowest BCUT2D eigenvalue weighted by molar-refractivity contribution is 0.0950. The normalized spacial score (nSPS) is 21.6. The molecular formula is C28H20ClN3O2. The molecule has 1 saturated heterocycles. The minimum Gasteiger partial charge on any atom is -0.496 e. The van der Waals surface area contributed by atoms with E-state index in [4.69, 9.17) is 16.3 Å². The quantitative estimate of drug-likeness (QED) is 0.466. The van der Waals surface area contributed by atoms with Crippen molar-refractivity contribution in [3.8, 4) is 17.9 Å². The summed E-state index contributed by atoms with van der Waals surface area (Å²) in [4.78, 5) is 16.1. The van der Waals surface area contributed by atoms with Crippen molar-refractivity contribution in [3.05, 3.63) is 101 Å². The number of carbonyl (C=O) groups is 1. The average molecular weight is 466 g/mol. The molecule has 2 heterocycles. The summed E-state index contributed by atoms with van der Waals surface area (Å²) in [5, 5.41) is 21.5. The third-order valence-corrected chi connectivity index (χ3v) is 7.04. The smallest absolute Gasteiger partial charge is 0.185 e. The molecule has 1 fully saturated rings.